The third kappa shape index (κ3) is 10.4. The number of likely N-dealkylation sites (tertiary alicyclic amines) is 1. The van der Waals surface area contributed by atoms with Crippen LogP contribution in [0.25, 0.3) is 20.8 Å². The van der Waals surface area contributed by atoms with E-state index in [-0.39, 0.29) is 12.5 Å². The van der Waals surface area contributed by atoms with E-state index in [0.717, 1.165) is 51.5 Å². The number of aromatic nitrogens is 1. The first-order valence-electron chi connectivity index (χ1n) is 12.9. The van der Waals surface area contributed by atoms with Crippen LogP contribution >= 0.6 is 11.3 Å². The predicted octanol–water partition coefficient (Wildman–Crippen LogP) is 5.91. The van der Waals surface area contributed by atoms with Crippen molar-refractivity contribution < 1.29 is 19.1 Å². The van der Waals surface area contributed by atoms with Gasteiger partial charge in [0.05, 0.1) is 17.3 Å². The number of alkyl carbamates (subject to hydrolysis) is 1. The fraction of sp³-hybridized carbons (Fsp3) is 0.429. The number of carbonyl (C=O) groups excluding carboxylic acids is 3. The Morgan fingerprint density at radius 1 is 1.18 bits per heavy atom. The van der Waals surface area contributed by atoms with Crippen molar-refractivity contribution >= 4 is 51.3 Å². The normalized spacial score (nSPS) is 13.5. The molecule has 0 saturated carbocycles. The zero-order valence-electron chi connectivity index (χ0n) is 23.2. The van der Waals surface area contributed by atoms with Crippen molar-refractivity contribution in [2.45, 2.75) is 59.9 Å². The molecule has 1 atom stereocenters. The second kappa shape index (κ2) is 17.7. The second-order valence-electron chi connectivity index (χ2n) is 8.22. The van der Waals surface area contributed by atoms with Gasteiger partial charge in [0.15, 0.2) is 0 Å². The first-order chi connectivity index (χ1) is 18.3. The quantitative estimate of drug-likeness (QED) is 0.271. The van der Waals surface area contributed by atoms with E-state index in [0.29, 0.717) is 12.5 Å². The molecule has 38 heavy (non-hydrogen) atoms. The summed E-state index contributed by atoms with van der Waals surface area (Å²) in [4.78, 5) is 39.0. The topological polar surface area (TPSA) is 127 Å². The molecule has 1 fully saturated rings. The molecule has 4 N–H and O–H groups in total. The number of ether oxygens (including phenoxy) is 1. The van der Waals surface area contributed by atoms with E-state index in [2.05, 4.69) is 34.2 Å². The van der Waals surface area contributed by atoms with E-state index in [1.807, 2.05) is 63.2 Å². The maximum atomic E-state index is 11.5. The van der Waals surface area contributed by atoms with Crippen LogP contribution in [-0.4, -0.2) is 54.5 Å². The molecule has 0 aliphatic carbocycles. The number of anilines is 2. The Morgan fingerprint density at radius 3 is 2.39 bits per heavy atom. The molecule has 208 valence electrons. The zero-order chi connectivity index (χ0) is 28.5. The number of methoxy groups -OCH3 is 1. The Bertz CT molecular complexity index is 1130. The van der Waals surface area contributed by atoms with Gasteiger partial charge in [0.25, 0.3) is 0 Å². The largest absolute Gasteiger partial charge is 0.453 e. The van der Waals surface area contributed by atoms with E-state index >= 15 is 0 Å². The van der Waals surface area contributed by atoms with Crippen molar-refractivity contribution in [2.24, 2.45) is 0 Å². The molecular formula is C28H41N5O4S. The molecule has 0 unspecified atom stereocenters. The van der Waals surface area contributed by atoms with Gasteiger partial charge in [-0.3, -0.25) is 9.59 Å². The van der Waals surface area contributed by atoms with Crippen molar-refractivity contribution in [1.29, 1.82) is 0 Å². The molecule has 4 rings (SSSR count). The first-order valence-corrected chi connectivity index (χ1v) is 13.7. The van der Waals surface area contributed by atoms with Crippen molar-refractivity contribution in [1.82, 2.24) is 15.2 Å². The number of benzene rings is 2. The Balaban J connectivity index is 0.000000337. The molecule has 0 bridgehead atoms. The smallest absolute Gasteiger partial charge is 0.407 e. The Hall–Kier alpha value is -3.66. The zero-order valence-corrected chi connectivity index (χ0v) is 24.1. The minimum Gasteiger partial charge on any atom is -0.453 e. The molecular weight excluding hydrogens is 502 g/mol. The monoisotopic (exact) mass is 543 g/mol. The lowest BCUT2D eigenvalue weighted by Gasteiger charge is -2.21. The van der Waals surface area contributed by atoms with Crippen LogP contribution in [0.1, 0.15) is 53.9 Å². The van der Waals surface area contributed by atoms with Crippen molar-refractivity contribution in [3.05, 3.63) is 42.5 Å². The number of thiazole rings is 1. The summed E-state index contributed by atoms with van der Waals surface area (Å²) in [6.45, 7) is 11.1. The molecule has 10 heteroatoms. The molecule has 3 aromatic rings. The van der Waals surface area contributed by atoms with Crippen molar-refractivity contribution in [3.8, 4) is 10.6 Å². The Kier molecular flexibility index (Phi) is 15.1. The fourth-order valence-corrected chi connectivity index (χ4v) is 4.47. The molecule has 1 aliphatic heterocycles. The van der Waals surface area contributed by atoms with E-state index in [4.69, 9.17) is 5.73 Å². The highest BCUT2D eigenvalue weighted by Crippen LogP contribution is 2.32. The van der Waals surface area contributed by atoms with Crippen LogP contribution in [0, 0.1) is 0 Å². The summed E-state index contributed by atoms with van der Waals surface area (Å²) in [5, 5.41) is 5.96. The number of nitrogens with zero attached hydrogens (tertiary/aromatic N) is 2. The van der Waals surface area contributed by atoms with E-state index < -0.39 is 6.09 Å². The number of carbonyl (C=O) groups is 3. The summed E-state index contributed by atoms with van der Waals surface area (Å²) in [5.74, 6) is -0.0413. The van der Waals surface area contributed by atoms with Gasteiger partial charge in [-0.15, -0.1) is 11.3 Å². The van der Waals surface area contributed by atoms with Crippen LogP contribution in [0.5, 0.6) is 0 Å². The van der Waals surface area contributed by atoms with Crippen LogP contribution in [0.4, 0.5) is 16.2 Å². The number of nitrogens with two attached hydrogens (primary N) is 1. The lowest BCUT2D eigenvalue weighted by atomic mass is 10.2. The average molecular weight is 544 g/mol. The van der Waals surface area contributed by atoms with Crippen molar-refractivity contribution in [2.75, 3.05) is 31.2 Å². The van der Waals surface area contributed by atoms with Gasteiger partial charge >= 0.3 is 6.09 Å². The highest BCUT2D eigenvalue weighted by Gasteiger charge is 2.24. The third-order valence-electron chi connectivity index (χ3n) is 5.21. The van der Waals surface area contributed by atoms with Crippen LogP contribution in [0.2, 0.25) is 0 Å². The number of rotatable bonds is 5. The SMILES string of the molecule is CC.CCC.COC(=O)NCC(=O)N1CCC[C@@H]1C.Nc1ccc(-c2nc3ccc(NC=O)cc3s2)cc1. The standard InChI is InChI=1S/C14H11N3OS.C9H16N2O3.C3H8.C2H6/c15-10-3-1-9(2-4-10)14-17-12-6-5-11(16-8-18)7-13(12)19-14;1-7-4-3-5-11(7)8(12)6-10-9(13)14-2;1-3-2;1-2/h1-8H,15H2,(H,16,18);7H,3-6H2,1-2H3,(H,10,13);3H2,1-2H3;1-2H3/t;7-;;/m.0../s1. The van der Waals surface area contributed by atoms with Crippen LogP contribution in [0.15, 0.2) is 42.5 Å². The molecule has 1 saturated heterocycles. The first kappa shape index (κ1) is 32.4. The number of fused-ring (bicyclic) bond motifs is 1. The van der Waals surface area contributed by atoms with Gasteiger partial charge in [-0.25, -0.2) is 9.78 Å². The van der Waals surface area contributed by atoms with Crippen molar-refractivity contribution in [3.63, 3.8) is 0 Å². The Labute approximate surface area is 229 Å². The van der Waals surface area contributed by atoms with Gasteiger partial charge in [0, 0.05) is 29.5 Å². The van der Waals surface area contributed by atoms with Crippen LogP contribution in [-0.2, 0) is 14.3 Å². The summed E-state index contributed by atoms with van der Waals surface area (Å²) >= 11 is 1.59. The summed E-state index contributed by atoms with van der Waals surface area (Å²) in [6, 6.07) is 13.6. The summed E-state index contributed by atoms with van der Waals surface area (Å²) in [7, 11) is 1.28. The fourth-order valence-electron chi connectivity index (χ4n) is 3.46. The average Bonchev–Trinajstić information content (AvgIpc) is 3.55. The molecule has 0 spiro atoms. The predicted molar refractivity (Wildman–Crippen MR) is 157 cm³/mol. The van der Waals surface area contributed by atoms with E-state index in [1.165, 1.54) is 13.5 Å². The van der Waals surface area contributed by atoms with Gasteiger partial charge in [0.2, 0.25) is 12.3 Å². The third-order valence-corrected chi connectivity index (χ3v) is 6.28. The van der Waals surface area contributed by atoms with E-state index in [1.54, 1.807) is 16.2 Å². The molecule has 1 aliphatic rings. The maximum absolute atomic E-state index is 11.5. The summed E-state index contributed by atoms with van der Waals surface area (Å²) in [5.41, 5.74) is 9.15. The highest BCUT2D eigenvalue weighted by atomic mass is 32.1. The minimum absolute atomic E-state index is 0.0248. The minimum atomic E-state index is -0.565. The highest BCUT2D eigenvalue weighted by molar-refractivity contribution is 7.21. The van der Waals surface area contributed by atoms with Crippen LogP contribution in [0.3, 0.4) is 0 Å². The number of nitrogens with one attached hydrogen (secondary N) is 2. The van der Waals surface area contributed by atoms with Gasteiger partial charge in [-0.05, 0) is 62.2 Å². The molecule has 2 heterocycles. The summed E-state index contributed by atoms with van der Waals surface area (Å²) in [6.07, 6.45) is 3.45. The molecule has 3 amide bonds. The summed E-state index contributed by atoms with van der Waals surface area (Å²) < 4.78 is 5.41. The molecule has 9 nitrogen and oxygen atoms in total. The molecule has 1 aromatic heterocycles. The number of nitrogen functional groups attached to an aromatic ring is 1. The Morgan fingerprint density at radius 2 is 1.84 bits per heavy atom. The lowest BCUT2D eigenvalue weighted by molar-refractivity contribution is -0.130. The number of amides is 3. The van der Waals surface area contributed by atoms with Gasteiger partial charge in [-0.2, -0.15) is 0 Å². The van der Waals surface area contributed by atoms with Crippen LogP contribution < -0.4 is 16.4 Å². The number of hydrogen-bond acceptors (Lipinski definition) is 7. The van der Waals surface area contributed by atoms with Gasteiger partial charge in [-0.1, -0.05) is 34.1 Å². The lowest BCUT2D eigenvalue weighted by Crippen LogP contribution is -2.41. The van der Waals surface area contributed by atoms with Gasteiger partial charge in [0.1, 0.15) is 11.6 Å². The number of hydrogen-bond donors (Lipinski definition) is 3. The second-order valence-corrected chi connectivity index (χ2v) is 9.25. The molecule has 0 radical (unpaired) electrons. The maximum Gasteiger partial charge on any atom is 0.407 e. The van der Waals surface area contributed by atoms with E-state index in [9.17, 15) is 14.4 Å². The van der Waals surface area contributed by atoms with Gasteiger partial charge < -0.3 is 26.0 Å². The molecule has 2 aromatic carbocycles.